The average molecular weight is 168 g/mol. The van der Waals surface area contributed by atoms with Crippen molar-refractivity contribution in [3.8, 4) is 0 Å². The summed E-state index contributed by atoms with van der Waals surface area (Å²) in [7, 11) is 0. The molecule has 0 heterocycles. The minimum Gasteiger partial charge on any atom is -0.0622 e. The van der Waals surface area contributed by atoms with Crippen LogP contribution in [0.3, 0.4) is 0 Å². The molecule has 0 aromatic heterocycles. The fourth-order valence-corrected chi connectivity index (χ4v) is 3.21. The highest BCUT2D eigenvalue weighted by Gasteiger charge is 2.52. The Labute approximate surface area is 77.7 Å². The van der Waals surface area contributed by atoms with E-state index in [0.29, 0.717) is 10.8 Å². The van der Waals surface area contributed by atoms with Crippen LogP contribution in [0.25, 0.3) is 0 Å². The van der Waals surface area contributed by atoms with Crippen LogP contribution in [0.4, 0.5) is 0 Å². The largest absolute Gasteiger partial charge is 0.0622 e. The van der Waals surface area contributed by atoms with Crippen LogP contribution in [-0.2, 0) is 0 Å². The Kier molecular flexibility index (Phi) is 2.31. The molecule has 1 fully saturated rings. The van der Waals surface area contributed by atoms with Gasteiger partial charge >= 0.3 is 0 Å². The Hall–Kier alpha value is 0. The van der Waals surface area contributed by atoms with E-state index in [1.807, 2.05) is 0 Å². The van der Waals surface area contributed by atoms with E-state index in [1.165, 1.54) is 12.8 Å². The molecular formula is C12H24. The summed E-state index contributed by atoms with van der Waals surface area (Å²) in [5.74, 6) is 1.70. The smallest absolute Gasteiger partial charge is 0.0241 e. The summed E-state index contributed by atoms with van der Waals surface area (Å²) in [5, 5.41) is 0. The molecule has 12 heavy (non-hydrogen) atoms. The lowest BCUT2D eigenvalue weighted by Crippen LogP contribution is -2.49. The van der Waals surface area contributed by atoms with Crippen LogP contribution >= 0.6 is 0 Å². The summed E-state index contributed by atoms with van der Waals surface area (Å²) in [6, 6.07) is 0. The molecule has 1 rings (SSSR count). The maximum atomic E-state index is 2.40. The summed E-state index contributed by atoms with van der Waals surface area (Å²) < 4.78 is 0. The van der Waals surface area contributed by atoms with Gasteiger partial charge in [-0.25, -0.2) is 0 Å². The Bertz CT molecular complexity index is 145. The SMILES string of the molecule is CC(C)C1(C(C)C)CC(C)(C)C1. The zero-order valence-electron chi connectivity index (χ0n) is 9.57. The Morgan fingerprint density at radius 2 is 1.17 bits per heavy atom. The third-order valence-corrected chi connectivity index (χ3v) is 3.92. The predicted molar refractivity (Wildman–Crippen MR) is 55.1 cm³/mol. The first-order valence-corrected chi connectivity index (χ1v) is 5.30. The van der Waals surface area contributed by atoms with Crippen LogP contribution in [0.1, 0.15) is 54.4 Å². The molecule has 0 amide bonds. The molecule has 0 atom stereocenters. The predicted octanol–water partition coefficient (Wildman–Crippen LogP) is 4.10. The summed E-state index contributed by atoms with van der Waals surface area (Å²) in [6.45, 7) is 14.3. The normalized spacial score (nSPS) is 26.0. The van der Waals surface area contributed by atoms with E-state index in [0.717, 1.165) is 11.8 Å². The minimum atomic E-state index is 0.620. The molecule has 0 spiro atoms. The second-order valence-electron chi connectivity index (χ2n) is 6.06. The molecule has 0 aromatic rings. The lowest BCUT2D eigenvalue weighted by molar-refractivity contribution is -0.0875. The van der Waals surface area contributed by atoms with Crippen LogP contribution in [-0.4, -0.2) is 0 Å². The van der Waals surface area contributed by atoms with Gasteiger partial charge in [0.05, 0.1) is 0 Å². The van der Waals surface area contributed by atoms with Crippen molar-refractivity contribution in [2.45, 2.75) is 54.4 Å². The van der Waals surface area contributed by atoms with Crippen molar-refractivity contribution in [3.63, 3.8) is 0 Å². The topological polar surface area (TPSA) is 0 Å². The van der Waals surface area contributed by atoms with Crippen molar-refractivity contribution in [2.75, 3.05) is 0 Å². The van der Waals surface area contributed by atoms with Crippen molar-refractivity contribution in [1.82, 2.24) is 0 Å². The second kappa shape index (κ2) is 2.75. The minimum absolute atomic E-state index is 0.620. The number of hydrogen-bond donors (Lipinski definition) is 0. The van der Waals surface area contributed by atoms with Gasteiger partial charge in [0, 0.05) is 0 Å². The van der Waals surface area contributed by atoms with Crippen molar-refractivity contribution >= 4 is 0 Å². The zero-order chi connectivity index (χ0) is 9.57. The van der Waals surface area contributed by atoms with Crippen LogP contribution in [0.15, 0.2) is 0 Å². The first-order valence-electron chi connectivity index (χ1n) is 5.30. The molecule has 0 unspecified atom stereocenters. The molecule has 1 aliphatic carbocycles. The molecule has 0 aliphatic heterocycles. The van der Waals surface area contributed by atoms with Gasteiger partial charge in [-0.3, -0.25) is 0 Å². The van der Waals surface area contributed by atoms with Gasteiger partial charge in [-0.05, 0) is 35.5 Å². The third-order valence-electron chi connectivity index (χ3n) is 3.92. The average Bonchev–Trinajstić information content (AvgIpc) is 1.80. The molecule has 0 N–H and O–H groups in total. The van der Waals surface area contributed by atoms with Gasteiger partial charge in [-0.1, -0.05) is 41.5 Å². The second-order valence-corrected chi connectivity index (χ2v) is 6.06. The Balaban J connectivity index is 2.69. The molecule has 72 valence electrons. The fraction of sp³-hybridized carbons (Fsp3) is 1.00. The zero-order valence-corrected chi connectivity index (χ0v) is 9.57. The van der Waals surface area contributed by atoms with E-state index in [9.17, 15) is 0 Å². The molecule has 1 aliphatic rings. The highest BCUT2D eigenvalue weighted by Crippen LogP contribution is 2.61. The van der Waals surface area contributed by atoms with Crippen molar-refractivity contribution in [1.29, 1.82) is 0 Å². The van der Waals surface area contributed by atoms with Gasteiger partial charge in [0.1, 0.15) is 0 Å². The van der Waals surface area contributed by atoms with E-state index in [2.05, 4.69) is 41.5 Å². The maximum absolute atomic E-state index is 2.40. The summed E-state index contributed by atoms with van der Waals surface area (Å²) in [6.07, 6.45) is 2.85. The summed E-state index contributed by atoms with van der Waals surface area (Å²) in [4.78, 5) is 0. The molecular weight excluding hydrogens is 144 g/mol. The summed E-state index contributed by atoms with van der Waals surface area (Å²) in [5.41, 5.74) is 1.28. The van der Waals surface area contributed by atoms with Crippen LogP contribution < -0.4 is 0 Å². The Morgan fingerprint density at radius 1 is 0.833 bits per heavy atom. The van der Waals surface area contributed by atoms with Crippen LogP contribution in [0.2, 0.25) is 0 Å². The standard InChI is InChI=1S/C12H24/c1-9(2)12(10(3)4)7-11(5,6)8-12/h9-10H,7-8H2,1-6H3. The van der Waals surface area contributed by atoms with Crippen LogP contribution in [0.5, 0.6) is 0 Å². The molecule has 0 saturated heterocycles. The van der Waals surface area contributed by atoms with E-state index < -0.39 is 0 Å². The molecule has 0 heteroatoms. The molecule has 0 bridgehead atoms. The van der Waals surface area contributed by atoms with Gasteiger partial charge in [0.2, 0.25) is 0 Å². The van der Waals surface area contributed by atoms with E-state index >= 15 is 0 Å². The van der Waals surface area contributed by atoms with Crippen molar-refractivity contribution in [2.24, 2.45) is 22.7 Å². The number of rotatable bonds is 2. The van der Waals surface area contributed by atoms with Gasteiger partial charge in [0.25, 0.3) is 0 Å². The molecule has 0 radical (unpaired) electrons. The van der Waals surface area contributed by atoms with E-state index in [-0.39, 0.29) is 0 Å². The molecule has 0 nitrogen and oxygen atoms in total. The van der Waals surface area contributed by atoms with Crippen LogP contribution in [0, 0.1) is 22.7 Å². The maximum Gasteiger partial charge on any atom is -0.0241 e. The van der Waals surface area contributed by atoms with E-state index in [4.69, 9.17) is 0 Å². The Morgan fingerprint density at radius 3 is 1.25 bits per heavy atom. The lowest BCUT2D eigenvalue weighted by Gasteiger charge is -2.58. The summed E-state index contributed by atoms with van der Waals surface area (Å²) >= 11 is 0. The van der Waals surface area contributed by atoms with Crippen molar-refractivity contribution in [3.05, 3.63) is 0 Å². The molecule has 0 aromatic carbocycles. The van der Waals surface area contributed by atoms with Crippen molar-refractivity contribution < 1.29 is 0 Å². The first kappa shape index (κ1) is 10.1. The first-order chi connectivity index (χ1) is 5.30. The van der Waals surface area contributed by atoms with Gasteiger partial charge in [-0.15, -0.1) is 0 Å². The van der Waals surface area contributed by atoms with Gasteiger partial charge in [0.15, 0.2) is 0 Å². The fourth-order valence-electron chi connectivity index (χ4n) is 3.21. The van der Waals surface area contributed by atoms with E-state index in [1.54, 1.807) is 0 Å². The highest BCUT2D eigenvalue weighted by molar-refractivity contribution is 5.01. The number of hydrogen-bond acceptors (Lipinski definition) is 0. The quantitative estimate of drug-likeness (QED) is 0.582. The molecule has 1 saturated carbocycles. The highest BCUT2D eigenvalue weighted by atomic mass is 14.6. The lowest BCUT2D eigenvalue weighted by atomic mass is 9.46. The van der Waals surface area contributed by atoms with Gasteiger partial charge in [-0.2, -0.15) is 0 Å². The monoisotopic (exact) mass is 168 g/mol. The van der Waals surface area contributed by atoms with Gasteiger partial charge < -0.3 is 0 Å². The third kappa shape index (κ3) is 1.41.